The van der Waals surface area contributed by atoms with E-state index in [-0.39, 0.29) is 78.3 Å². The van der Waals surface area contributed by atoms with Gasteiger partial charge in [-0.1, -0.05) is 291 Å². The number of aliphatic hydroxyl groups is 8. The van der Waals surface area contributed by atoms with Crippen molar-refractivity contribution < 1.29 is 97.7 Å². The molecule has 0 saturated heterocycles. The molecular formula is C130H132O20. The zero-order valence-electron chi connectivity index (χ0n) is 85.6. The first-order valence-corrected chi connectivity index (χ1v) is 51.5. The Morgan fingerprint density at radius 1 is 0.173 bits per heavy atom. The Labute approximate surface area is 878 Å². The highest BCUT2D eigenvalue weighted by Crippen LogP contribution is 2.61. The van der Waals surface area contributed by atoms with Gasteiger partial charge in [-0.25, -0.2) is 0 Å². The number of hydrogen-bond acceptors (Lipinski definition) is 20. The van der Waals surface area contributed by atoms with E-state index in [2.05, 4.69) is 291 Å². The predicted molar refractivity (Wildman–Crippen MR) is 586 cm³/mol. The van der Waals surface area contributed by atoms with Crippen molar-refractivity contribution in [1.82, 2.24) is 0 Å². The topological polar surface area (TPSA) is 273 Å². The fourth-order valence-corrected chi connectivity index (χ4v) is 21.2. The van der Waals surface area contributed by atoms with Crippen LogP contribution < -0.4 is 37.9 Å². The molecule has 4 aliphatic carbocycles. The summed E-state index contributed by atoms with van der Waals surface area (Å²) >= 11 is 0. The van der Waals surface area contributed by atoms with Crippen LogP contribution in [0.25, 0.3) is 44.5 Å². The summed E-state index contributed by atoms with van der Waals surface area (Å²) in [5.74, 6) is 5.99. The summed E-state index contributed by atoms with van der Waals surface area (Å²) < 4.78 is 68.4. The van der Waals surface area contributed by atoms with Gasteiger partial charge in [0.05, 0.1) is 124 Å². The average molecular weight is 2010 g/mol. The molecule has 0 aromatic heterocycles. The van der Waals surface area contributed by atoms with Gasteiger partial charge in [0.25, 0.3) is 0 Å². The Balaban J connectivity index is 0.000000137. The van der Waals surface area contributed by atoms with Crippen molar-refractivity contribution >= 4 is 0 Å². The van der Waals surface area contributed by atoms with Gasteiger partial charge in [-0.2, -0.15) is 0 Å². The molecule has 20 heteroatoms. The Kier molecular flexibility index (Phi) is 36.0. The maximum Gasteiger partial charge on any atom is 0.119 e. The molecule has 16 aromatic rings. The summed E-state index contributed by atoms with van der Waals surface area (Å²) in [5.41, 5.74) is 26.8. The SMILES string of the molecule is CC(O)COC(C)COc1ccc(C2(c3ccc(OCC(C)OCC(C)O)cc3)c3ccccc3-c3ccccc32)cc1.CC(O)COc1ccc(C2(c3ccc(OCC(C)O)cc3)c3ccccc3-c3ccccc32)cc1.OCCOCCOc1ccc(C2(c3ccc(OCCOCCO)cc3)c3ccccc3-c3ccccc32)cc1.OCCOc1ccc(C2(c3ccc(OCCO)cc3)c3ccccc3-c3ccccc32)cc1. The average Bonchev–Trinajstić information content (AvgIpc) is 1.55. The van der Waals surface area contributed by atoms with E-state index in [0.29, 0.717) is 52.9 Å². The van der Waals surface area contributed by atoms with Crippen molar-refractivity contribution in [2.75, 3.05) is 119 Å². The summed E-state index contributed by atoms with van der Waals surface area (Å²) in [5, 5.41) is 74.1. The second-order valence-electron chi connectivity index (χ2n) is 38.0. The van der Waals surface area contributed by atoms with E-state index in [9.17, 15) is 20.4 Å². The summed E-state index contributed by atoms with van der Waals surface area (Å²) in [6, 6.07) is 135. The van der Waals surface area contributed by atoms with Crippen molar-refractivity contribution in [3.63, 3.8) is 0 Å². The van der Waals surface area contributed by atoms with Gasteiger partial charge < -0.3 is 97.7 Å². The third-order valence-electron chi connectivity index (χ3n) is 27.5. The number of ether oxygens (including phenoxy) is 12. The van der Waals surface area contributed by atoms with Crippen LogP contribution >= 0.6 is 0 Å². The molecule has 0 amide bonds. The van der Waals surface area contributed by atoms with Crippen LogP contribution in [0.3, 0.4) is 0 Å². The number of hydrogen-bond donors (Lipinski definition) is 8. The van der Waals surface area contributed by atoms with Crippen LogP contribution in [0, 0.1) is 0 Å². The quantitative estimate of drug-likeness (QED) is 0.0165. The highest BCUT2D eigenvalue weighted by Gasteiger charge is 2.51. The molecule has 772 valence electrons. The van der Waals surface area contributed by atoms with Gasteiger partial charge in [0.2, 0.25) is 0 Å². The predicted octanol–water partition coefficient (Wildman–Crippen LogP) is 21.6. The smallest absolute Gasteiger partial charge is 0.119 e. The molecule has 16 aromatic carbocycles. The maximum absolute atomic E-state index is 9.59. The molecule has 20 rings (SSSR count). The van der Waals surface area contributed by atoms with Crippen LogP contribution in [0.4, 0.5) is 0 Å². The Bertz CT molecular complexity index is 6570. The number of aliphatic hydroxyl groups excluding tert-OH is 8. The first-order valence-electron chi connectivity index (χ1n) is 51.5. The normalized spacial score (nSPS) is 14.4. The zero-order chi connectivity index (χ0) is 104. The molecule has 0 spiro atoms. The van der Waals surface area contributed by atoms with Crippen LogP contribution in [0.5, 0.6) is 46.0 Å². The molecular weight excluding hydrogens is 1880 g/mol. The lowest BCUT2D eigenvalue weighted by Crippen LogP contribution is -2.28. The van der Waals surface area contributed by atoms with E-state index in [4.69, 9.17) is 77.3 Å². The highest BCUT2D eigenvalue weighted by molar-refractivity contribution is 5.91. The monoisotopic (exact) mass is 2010 g/mol. The molecule has 0 radical (unpaired) electrons. The van der Waals surface area contributed by atoms with Crippen LogP contribution in [0.15, 0.2) is 388 Å². The van der Waals surface area contributed by atoms with Crippen molar-refractivity contribution in [2.45, 2.75) is 99.8 Å². The maximum atomic E-state index is 9.59. The summed E-state index contributed by atoms with van der Waals surface area (Å²) in [6.45, 7) is 15.4. The molecule has 20 nitrogen and oxygen atoms in total. The van der Waals surface area contributed by atoms with Crippen LogP contribution in [0.1, 0.15) is 131 Å². The fraction of sp³-hybridized carbons (Fsp3) is 0.262. The van der Waals surface area contributed by atoms with E-state index in [1.54, 1.807) is 27.7 Å². The third-order valence-corrected chi connectivity index (χ3v) is 27.5. The van der Waals surface area contributed by atoms with Gasteiger partial charge >= 0.3 is 0 Å². The van der Waals surface area contributed by atoms with Crippen LogP contribution in [0.2, 0.25) is 0 Å². The minimum Gasteiger partial charge on any atom is -0.491 e. The van der Waals surface area contributed by atoms with Gasteiger partial charge in [0.1, 0.15) is 98.9 Å². The molecule has 0 heterocycles. The van der Waals surface area contributed by atoms with Gasteiger partial charge in [-0.05, 0) is 272 Å². The second-order valence-corrected chi connectivity index (χ2v) is 38.0. The molecule has 4 aliphatic rings. The summed E-state index contributed by atoms with van der Waals surface area (Å²) in [4.78, 5) is 0. The lowest BCUT2D eigenvalue weighted by molar-refractivity contribution is -0.0132. The number of rotatable bonds is 44. The molecule has 6 unspecified atom stereocenters. The molecule has 8 N–H and O–H groups in total. The van der Waals surface area contributed by atoms with Crippen molar-refractivity contribution in [3.05, 3.63) is 477 Å². The Hall–Kier alpha value is -14.6. The highest BCUT2D eigenvalue weighted by atomic mass is 16.6. The number of fused-ring (bicyclic) bond motifs is 12. The van der Waals surface area contributed by atoms with E-state index < -0.39 is 46.1 Å². The van der Waals surface area contributed by atoms with E-state index in [1.165, 1.54) is 89.0 Å². The first kappa shape index (κ1) is 107. The molecule has 6 atom stereocenters. The minimum atomic E-state index is -0.524. The lowest BCUT2D eigenvalue weighted by Gasteiger charge is -2.34. The summed E-state index contributed by atoms with van der Waals surface area (Å²) in [7, 11) is 0. The molecule has 0 fully saturated rings. The van der Waals surface area contributed by atoms with Crippen molar-refractivity contribution in [3.8, 4) is 90.5 Å². The fourth-order valence-electron chi connectivity index (χ4n) is 21.2. The Morgan fingerprint density at radius 3 is 0.507 bits per heavy atom. The Morgan fingerprint density at radius 2 is 0.333 bits per heavy atom. The largest absolute Gasteiger partial charge is 0.491 e. The van der Waals surface area contributed by atoms with Crippen LogP contribution in [-0.4, -0.2) is 196 Å². The van der Waals surface area contributed by atoms with E-state index >= 15 is 0 Å². The first-order chi connectivity index (χ1) is 73.3. The van der Waals surface area contributed by atoms with Crippen molar-refractivity contribution in [2.24, 2.45) is 0 Å². The van der Waals surface area contributed by atoms with E-state index in [1.807, 2.05) is 111 Å². The minimum absolute atomic E-state index is 0.00583. The van der Waals surface area contributed by atoms with Crippen LogP contribution in [-0.2, 0) is 40.6 Å². The standard InChI is InChI=1S/C37H42O6.C33H34O6.C31H30O4.C29H26O4/c1-25(38)21-40-27(3)23-42-31-17-13-29(14-18-31)37(35-11-7-5-9-33(35)34-10-6-8-12-36(34)37)30-15-19-32(20-16-30)43-24-28(4)41-22-26(2)39;34-17-19-36-21-23-38-27-13-9-25(10-14-27)33(26-11-15-28(16-12-26)39-24-22-37-20-18-35)31-7-3-1-5-29(31)30-6-2-4-8-32(30)33;1-21(32)19-34-25-15-11-23(12-16-25)31(24-13-17-26(18-14-24)35-20-22(2)33)29-9-5-3-7-27(29)28-8-4-6-10-30(28)31;30-17-19-32-23-13-9-21(10-14-23)29(22-11-15-24(16-12-22)33-20-18-31)27-7-3-1-5-25(27)26-6-2-4-8-28(26)29/h5-20,25-28,38-39H,21-24H2,1-4H3;1-16,34-35H,17-24H2;3-18,21-22,32-33H,19-20H2,1-2H3;1-16,30-31H,17-20H2. The van der Waals surface area contributed by atoms with Gasteiger partial charge in [-0.15, -0.1) is 0 Å². The van der Waals surface area contributed by atoms with Gasteiger partial charge in [0.15, 0.2) is 0 Å². The third kappa shape index (κ3) is 23.2. The molecule has 150 heavy (non-hydrogen) atoms. The van der Waals surface area contributed by atoms with E-state index in [0.717, 1.165) is 90.5 Å². The summed E-state index contributed by atoms with van der Waals surface area (Å²) in [6.07, 6.45) is -2.33. The zero-order valence-corrected chi connectivity index (χ0v) is 85.6. The van der Waals surface area contributed by atoms with Crippen molar-refractivity contribution in [1.29, 1.82) is 0 Å². The van der Waals surface area contributed by atoms with Gasteiger partial charge in [-0.3, -0.25) is 0 Å². The molecule has 0 aliphatic heterocycles. The lowest BCUT2D eigenvalue weighted by atomic mass is 9.68. The van der Waals surface area contributed by atoms with Gasteiger partial charge in [0, 0.05) is 0 Å². The molecule has 0 bridgehead atoms. The molecule has 0 saturated carbocycles. The number of benzene rings is 16. The second kappa shape index (κ2) is 50.6.